The average molecular weight is 492 g/mol. The molecule has 1 aliphatic rings. The molecule has 2 heterocycles. The fourth-order valence-electron chi connectivity index (χ4n) is 3.89. The number of halogens is 5. The minimum absolute atomic E-state index is 0.0926. The van der Waals surface area contributed by atoms with E-state index in [1.165, 1.54) is 0 Å². The van der Waals surface area contributed by atoms with Gasteiger partial charge in [0.25, 0.3) is 11.6 Å². The Kier molecular flexibility index (Phi) is 5.40. The minimum Gasteiger partial charge on any atom is -0.618 e. The number of hydrogen-bond acceptors (Lipinski definition) is 5. The van der Waals surface area contributed by atoms with Crippen LogP contribution in [0.1, 0.15) is 39.9 Å². The largest absolute Gasteiger partial charge is 0.618 e. The van der Waals surface area contributed by atoms with E-state index in [-0.39, 0.29) is 10.4 Å². The highest BCUT2D eigenvalue weighted by Gasteiger charge is 2.65. The molecule has 0 unspecified atom stereocenters. The number of rotatable bonds is 5. The molecule has 34 heavy (non-hydrogen) atoms. The molecule has 1 fully saturated rings. The van der Waals surface area contributed by atoms with E-state index in [1.807, 2.05) is 0 Å². The number of carbonyl (C=O) groups is 2. The first-order valence-corrected chi connectivity index (χ1v) is 9.62. The van der Waals surface area contributed by atoms with Gasteiger partial charge >= 0.3 is 12.1 Å². The van der Waals surface area contributed by atoms with Gasteiger partial charge in [-0.05, 0) is 13.0 Å². The van der Waals surface area contributed by atoms with E-state index < -0.39 is 77.2 Å². The van der Waals surface area contributed by atoms with Crippen LogP contribution < -0.4 is 20.5 Å². The molecule has 1 aromatic heterocycles. The highest BCUT2D eigenvalue weighted by Crippen LogP contribution is 2.55. The van der Waals surface area contributed by atoms with Crippen LogP contribution in [-0.2, 0) is 9.53 Å². The summed E-state index contributed by atoms with van der Waals surface area (Å²) in [5, 5.41) is 13.9. The van der Waals surface area contributed by atoms with Crippen molar-refractivity contribution in [2.24, 2.45) is 11.7 Å². The van der Waals surface area contributed by atoms with Crippen molar-refractivity contribution in [3.8, 4) is 5.75 Å². The number of amides is 2. The molecule has 3 N–H and O–H groups in total. The van der Waals surface area contributed by atoms with Crippen LogP contribution in [0.5, 0.6) is 5.75 Å². The van der Waals surface area contributed by atoms with Crippen molar-refractivity contribution in [2.45, 2.75) is 37.6 Å². The van der Waals surface area contributed by atoms with Crippen molar-refractivity contribution in [1.29, 1.82) is 0 Å². The van der Waals surface area contributed by atoms with Crippen LogP contribution in [0.25, 0.3) is 0 Å². The third-order valence-electron chi connectivity index (χ3n) is 5.91. The first-order valence-electron chi connectivity index (χ1n) is 11.1. The number of primary amides is 1. The number of anilines is 1. The predicted molar refractivity (Wildman–Crippen MR) is 107 cm³/mol. The molecule has 184 valence electrons. The summed E-state index contributed by atoms with van der Waals surface area (Å²) >= 11 is 0. The van der Waals surface area contributed by atoms with Gasteiger partial charge in [-0.3, -0.25) is 9.59 Å². The Hall–Kier alpha value is -3.48. The summed E-state index contributed by atoms with van der Waals surface area (Å²) in [5.74, 6) is -10.2. The summed E-state index contributed by atoms with van der Waals surface area (Å²) < 4.78 is 102. The number of pyridine rings is 1. The summed E-state index contributed by atoms with van der Waals surface area (Å²) in [4.78, 5) is 24.6. The Morgan fingerprint density at radius 1 is 1.32 bits per heavy atom. The highest BCUT2D eigenvalue weighted by atomic mass is 19.4. The second-order valence-corrected chi connectivity index (χ2v) is 7.82. The monoisotopic (exact) mass is 492 g/mol. The molecule has 13 heteroatoms. The first kappa shape index (κ1) is 21.1. The minimum atomic E-state index is -5.05. The molecule has 2 aromatic rings. The molecule has 4 atom stereocenters. The van der Waals surface area contributed by atoms with Crippen molar-refractivity contribution in [3.05, 3.63) is 58.6 Å². The van der Waals surface area contributed by atoms with E-state index in [1.54, 1.807) is 0 Å². The van der Waals surface area contributed by atoms with Crippen LogP contribution in [0.2, 0.25) is 0 Å². The number of ether oxygens (including phenoxy) is 2. The zero-order valence-electron chi connectivity index (χ0n) is 20.6. The molecular weight excluding hydrogens is 469 g/mol. The van der Waals surface area contributed by atoms with E-state index in [2.05, 4.69) is 10.1 Å². The van der Waals surface area contributed by atoms with E-state index in [9.17, 15) is 36.7 Å². The quantitative estimate of drug-likeness (QED) is 0.378. The lowest BCUT2D eigenvalue weighted by atomic mass is 9.77. The number of benzene rings is 1. The SMILES string of the molecule is [2H]C([2H])([2H])Oc1c([C@H]2[C@@H](C)[C@](C)(C(F)(F)F)O[C@H]2C(=O)Nc2cc[n+]([O-])c(C(N)=O)c2)ccc(F)c1F. The van der Waals surface area contributed by atoms with Gasteiger partial charge in [0, 0.05) is 29.5 Å². The first-order chi connectivity index (χ1) is 16.9. The van der Waals surface area contributed by atoms with Gasteiger partial charge in [0.1, 0.15) is 6.10 Å². The lowest BCUT2D eigenvalue weighted by molar-refractivity contribution is -0.607. The number of aromatic nitrogens is 1. The zero-order chi connectivity index (χ0) is 28.1. The summed E-state index contributed by atoms with van der Waals surface area (Å²) in [6.45, 7) is 1.69. The molecule has 2 amide bonds. The Bertz CT molecular complexity index is 1240. The van der Waals surface area contributed by atoms with Crippen LogP contribution in [0, 0.1) is 22.8 Å². The van der Waals surface area contributed by atoms with Crippen LogP contribution in [-0.4, -0.2) is 36.7 Å². The molecule has 1 aromatic carbocycles. The van der Waals surface area contributed by atoms with E-state index >= 15 is 0 Å². The maximum Gasteiger partial charge on any atom is 0.417 e. The maximum absolute atomic E-state index is 14.6. The summed E-state index contributed by atoms with van der Waals surface area (Å²) in [6, 6.07) is 3.24. The van der Waals surface area contributed by atoms with Crippen molar-refractivity contribution >= 4 is 17.5 Å². The van der Waals surface area contributed by atoms with Gasteiger partial charge in [0.15, 0.2) is 23.4 Å². The normalized spacial score (nSPS) is 26.3. The number of nitrogens with zero attached hydrogens (tertiary/aromatic N) is 1. The van der Waals surface area contributed by atoms with Crippen molar-refractivity contribution in [1.82, 2.24) is 0 Å². The third-order valence-corrected chi connectivity index (χ3v) is 5.91. The third kappa shape index (κ3) is 4.11. The Morgan fingerprint density at radius 3 is 2.59 bits per heavy atom. The molecule has 0 saturated carbocycles. The topological polar surface area (TPSA) is 118 Å². The molecule has 0 aliphatic carbocycles. The van der Waals surface area contributed by atoms with Crippen molar-refractivity contribution in [3.63, 3.8) is 0 Å². The number of carbonyl (C=O) groups excluding carboxylic acids is 2. The van der Waals surface area contributed by atoms with Crippen LogP contribution in [0.3, 0.4) is 0 Å². The van der Waals surface area contributed by atoms with Gasteiger partial charge < -0.3 is 25.7 Å². The Balaban J connectivity index is 2.13. The number of nitrogens with one attached hydrogen (secondary N) is 1. The molecule has 1 saturated heterocycles. The predicted octanol–water partition coefficient (Wildman–Crippen LogP) is 2.78. The smallest absolute Gasteiger partial charge is 0.417 e. The van der Waals surface area contributed by atoms with Gasteiger partial charge in [-0.25, -0.2) is 4.39 Å². The molecular formula is C21H20F5N3O5. The van der Waals surface area contributed by atoms with Gasteiger partial charge in [0.05, 0.1) is 16.8 Å². The van der Waals surface area contributed by atoms with E-state index in [4.69, 9.17) is 14.6 Å². The summed E-state index contributed by atoms with van der Waals surface area (Å²) in [6.07, 6.45) is -6.28. The molecule has 3 rings (SSSR count). The fraction of sp³-hybridized carbons (Fsp3) is 0.381. The Labute approximate surface area is 194 Å². The van der Waals surface area contributed by atoms with Gasteiger partial charge in [0.2, 0.25) is 5.82 Å². The molecule has 0 bridgehead atoms. The van der Waals surface area contributed by atoms with Crippen LogP contribution in [0.4, 0.5) is 27.6 Å². The van der Waals surface area contributed by atoms with Gasteiger partial charge in [-0.2, -0.15) is 22.3 Å². The molecule has 0 radical (unpaired) electrons. The molecule has 8 nitrogen and oxygen atoms in total. The fourth-order valence-corrected chi connectivity index (χ4v) is 3.89. The standard InChI is InChI=1S/C21H20F5N3O5/c1-9-14(11-4-5-12(22)15(23)16(11)33-3)17(34-20(9,2)21(24,25)26)19(31)28-10-6-7-29(32)13(8-10)18(27)30/h4-9,14,17H,1-3H3,(H2,27,30)(H,28,31)/t9-,14-,17-,20-/m1/s1/i3D3. The second-order valence-electron chi connectivity index (χ2n) is 7.82. The number of nitrogens with two attached hydrogens (primary N) is 1. The molecule has 0 spiro atoms. The van der Waals surface area contributed by atoms with E-state index in [0.29, 0.717) is 13.0 Å². The van der Waals surface area contributed by atoms with Gasteiger partial charge in [-0.1, -0.05) is 13.0 Å². The molecule has 1 aliphatic heterocycles. The number of alkyl halides is 3. The van der Waals surface area contributed by atoms with Crippen LogP contribution >= 0.6 is 0 Å². The van der Waals surface area contributed by atoms with Crippen molar-refractivity contribution in [2.75, 3.05) is 12.4 Å². The lowest BCUT2D eigenvalue weighted by Gasteiger charge is -2.32. The number of hydrogen-bond donors (Lipinski definition) is 2. The number of methoxy groups -OCH3 is 1. The Morgan fingerprint density at radius 2 is 2.00 bits per heavy atom. The maximum atomic E-state index is 14.6. The summed E-state index contributed by atoms with van der Waals surface area (Å²) in [7, 11) is -3.32. The highest BCUT2D eigenvalue weighted by molar-refractivity contribution is 5.97. The lowest BCUT2D eigenvalue weighted by Crippen LogP contribution is -2.47. The van der Waals surface area contributed by atoms with Gasteiger partial charge in [-0.15, -0.1) is 0 Å². The van der Waals surface area contributed by atoms with E-state index in [0.717, 1.165) is 31.3 Å². The summed E-state index contributed by atoms with van der Waals surface area (Å²) in [5.41, 5.74) is 0.723. The zero-order valence-corrected chi connectivity index (χ0v) is 17.6. The van der Waals surface area contributed by atoms with Crippen LogP contribution in [0.15, 0.2) is 30.5 Å². The van der Waals surface area contributed by atoms with Crippen molar-refractivity contribution < 1.29 is 49.9 Å². The second kappa shape index (κ2) is 8.70. The average Bonchev–Trinajstić information content (AvgIpc) is 3.04.